The molecule has 0 spiro atoms. The van der Waals surface area contributed by atoms with Crippen molar-refractivity contribution in [1.82, 2.24) is 4.90 Å². The fraction of sp³-hybridized carbons (Fsp3) is 0.469. The SMILES string of the molecule is C=CCO[C@@]12Oc3ccc(OCc4ccccc4F)cc3[C@H]3[C@H](CCCCO)[C@@H](CCCCO)C=C(C(=NOC4CCCCO4)C[C@@H]1N(C)C(=O)C=Cc1ccc([N+](=O)[O-])cc1)[C@H]32. The number of oxime groups is 1. The van der Waals surface area contributed by atoms with Gasteiger partial charge in [0.05, 0.1) is 29.8 Å². The number of carbonyl (C=O) groups excluding carboxylic acids is 1. The van der Waals surface area contributed by atoms with Crippen LogP contribution in [0.5, 0.6) is 11.5 Å². The fourth-order valence-corrected chi connectivity index (χ4v) is 9.66. The van der Waals surface area contributed by atoms with Gasteiger partial charge in [0.2, 0.25) is 18.0 Å². The zero-order valence-corrected chi connectivity index (χ0v) is 35.8. The molecule has 2 heterocycles. The van der Waals surface area contributed by atoms with Crippen molar-refractivity contribution in [2.24, 2.45) is 22.9 Å². The molecule has 13 nitrogen and oxygen atoms in total. The normalized spacial score (nSPS) is 25.7. The van der Waals surface area contributed by atoms with E-state index in [4.69, 9.17) is 28.9 Å². The number of non-ortho nitro benzene ring substituents is 1. The number of hydrogen-bond acceptors (Lipinski definition) is 11. The van der Waals surface area contributed by atoms with Crippen LogP contribution in [0.25, 0.3) is 6.08 Å². The highest BCUT2D eigenvalue weighted by atomic mass is 19.1. The van der Waals surface area contributed by atoms with Crippen molar-refractivity contribution >= 4 is 23.4 Å². The van der Waals surface area contributed by atoms with Crippen molar-refractivity contribution in [3.63, 3.8) is 0 Å². The summed E-state index contributed by atoms with van der Waals surface area (Å²) in [6.07, 6.45) is 13.5. The number of fused-ring (bicyclic) bond motifs is 2. The van der Waals surface area contributed by atoms with Gasteiger partial charge in [0.25, 0.3) is 5.69 Å². The van der Waals surface area contributed by atoms with Crippen LogP contribution in [-0.2, 0) is 25.7 Å². The van der Waals surface area contributed by atoms with E-state index in [0.717, 1.165) is 49.7 Å². The average Bonchev–Trinajstić information content (AvgIpc) is 3.30. The number of hydrogen-bond donors (Lipinski definition) is 2. The van der Waals surface area contributed by atoms with E-state index >= 15 is 0 Å². The van der Waals surface area contributed by atoms with Crippen LogP contribution in [0.1, 0.15) is 86.8 Å². The van der Waals surface area contributed by atoms with Gasteiger partial charge in [-0.25, -0.2) is 4.39 Å². The lowest BCUT2D eigenvalue weighted by atomic mass is 9.55. The van der Waals surface area contributed by atoms with E-state index in [1.54, 1.807) is 60.5 Å². The van der Waals surface area contributed by atoms with Gasteiger partial charge in [0.15, 0.2) is 0 Å². The number of benzene rings is 3. The smallest absolute Gasteiger partial charge is 0.269 e. The molecule has 3 aromatic carbocycles. The van der Waals surface area contributed by atoms with E-state index in [1.165, 1.54) is 24.3 Å². The Morgan fingerprint density at radius 2 is 1.84 bits per heavy atom. The summed E-state index contributed by atoms with van der Waals surface area (Å²) in [5.41, 5.74) is 3.37. The molecule has 3 aromatic rings. The topological polar surface area (TPSA) is 162 Å². The second-order valence-corrected chi connectivity index (χ2v) is 16.7. The molecule has 2 aliphatic heterocycles. The van der Waals surface area contributed by atoms with Crippen LogP contribution in [0.3, 0.4) is 0 Å². The minimum absolute atomic E-state index is 0.00852. The molecule has 0 aromatic heterocycles. The number of amides is 1. The van der Waals surface area contributed by atoms with Gasteiger partial charge in [-0.1, -0.05) is 48.3 Å². The zero-order chi connectivity index (χ0) is 44.3. The minimum Gasteiger partial charge on any atom is -0.489 e. The molecule has 4 aliphatic rings. The molecule has 7 rings (SSSR count). The quantitative estimate of drug-likeness (QED) is 0.0370. The lowest BCUT2D eigenvalue weighted by Crippen LogP contribution is -2.69. The van der Waals surface area contributed by atoms with Crippen LogP contribution in [-0.4, -0.2) is 83.2 Å². The first kappa shape index (κ1) is 45.6. The van der Waals surface area contributed by atoms with Crippen molar-refractivity contribution in [3.8, 4) is 11.5 Å². The predicted octanol–water partition coefficient (Wildman–Crippen LogP) is 8.64. The van der Waals surface area contributed by atoms with E-state index in [9.17, 15) is 29.5 Å². The second kappa shape index (κ2) is 21.3. The molecule has 1 amide bonds. The molecule has 1 unspecified atom stereocenters. The Morgan fingerprint density at radius 3 is 2.56 bits per heavy atom. The van der Waals surface area contributed by atoms with E-state index in [0.29, 0.717) is 54.2 Å². The summed E-state index contributed by atoms with van der Waals surface area (Å²) in [4.78, 5) is 33.0. The number of ether oxygens (including phenoxy) is 4. The summed E-state index contributed by atoms with van der Waals surface area (Å²) >= 11 is 0. The van der Waals surface area contributed by atoms with E-state index < -0.39 is 29.0 Å². The number of nitro benzene ring substituents is 1. The maximum absolute atomic E-state index is 14.7. The molecular formula is C49H58FN3O10. The van der Waals surface area contributed by atoms with Gasteiger partial charge in [-0.05, 0) is 104 Å². The molecule has 14 heteroatoms. The molecule has 2 N–H and O–H groups in total. The minimum atomic E-state index is -1.47. The molecule has 63 heavy (non-hydrogen) atoms. The molecule has 2 fully saturated rings. The monoisotopic (exact) mass is 867 g/mol. The lowest BCUT2D eigenvalue weighted by Gasteiger charge is -2.59. The summed E-state index contributed by atoms with van der Waals surface area (Å²) in [5, 5.41) is 36.0. The Labute approximate surface area is 368 Å². The van der Waals surface area contributed by atoms with Gasteiger partial charge in [0, 0.05) is 68.4 Å². The number of rotatable bonds is 20. The molecule has 2 aliphatic carbocycles. The highest BCUT2D eigenvalue weighted by molar-refractivity contribution is 6.03. The first-order valence-corrected chi connectivity index (χ1v) is 22.1. The summed E-state index contributed by atoms with van der Waals surface area (Å²) < 4.78 is 41.2. The van der Waals surface area contributed by atoms with Crippen LogP contribution in [0, 0.1) is 33.7 Å². The molecule has 0 bridgehead atoms. The summed E-state index contributed by atoms with van der Waals surface area (Å²) in [7, 11) is 1.70. The highest BCUT2D eigenvalue weighted by Gasteiger charge is 2.65. The second-order valence-electron chi connectivity index (χ2n) is 16.7. The third-order valence-corrected chi connectivity index (χ3v) is 12.8. The Morgan fingerprint density at radius 1 is 1.06 bits per heavy atom. The number of nitrogens with zero attached hydrogens (tertiary/aromatic N) is 3. The zero-order valence-electron chi connectivity index (χ0n) is 35.8. The van der Waals surface area contributed by atoms with Gasteiger partial charge in [0.1, 0.15) is 30.0 Å². The number of likely N-dealkylation sites (N-methyl/N-ethyl adjacent to an activating group) is 1. The Balaban J connectivity index is 1.37. The van der Waals surface area contributed by atoms with Crippen molar-refractivity contribution in [2.45, 2.75) is 94.9 Å². The first-order chi connectivity index (χ1) is 30.7. The maximum atomic E-state index is 14.7. The Bertz CT molecular complexity index is 2150. The van der Waals surface area contributed by atoms with Gasteiger partial charge in [-0.15, -0.1) is 6.58 Å². The first-order valence-electron chi connectivity index (χ1n) is 22.1. The number of aliphatic hydroxyl groups is 2. The summed E-state index contributed by atoms with van der Waals surface area (Å²) in [6.45, 7) is 4.79. The number of allylic oxidation sites excluding steroid dienone is 1. The van der Waals surface area contributed by atoms with Crippen LogP contribution in [0.15, 0.2) is 102 Å². The van der Waals surface area contributed by atoms with Crippen molar-refractivity contribution in [3.05, 3.63) is 130 Å². The van der Waals surface area contributed by atoms with E-state index in [1.807, 2.05) is 12.1 Å². The number of nitro groups is 1. The van der Waals surface area contributed by atoms with Crippen LogP contribution >= 0.6 is 0 Å². The Kier molecular flexibility index (Phi) is 15.4. The molecule has 1 saturated carbocycles. The van der Waals surface area contributed by atoms with Gasteiger partial charge < -0.3 is 38.9 Å². The number of carbonyl (C=O) groups is 1. The molecule has 1 saturated heterocycles. The molecular weight excluding hydrogens is 810 g/mol. The maximum Gasteiger partial charge on any atom is 0.269 e. The summed E-state index contributed by atoms with van der Waals surface area (Å²) in [6, 6.07) is 17.3. The van der Waals surface area contributed by atoms with Crippen molar-refractivity contribution < 1.29 is 48.1 Å². The Hall–Kier alpha value is -5.41. The predicted molar refractivity (Wildman–Crippen MR) is 235 cm³/mol. The lowest BCUT2D eigenvalue weighted by molar-refractivity contribution is -0.384. The fourth-order valence-electron chi connectivity index (χ4n) is 9.66. The molecule has 336 valence electrons. The van der Waals surface area contributed by atoms with Crippen LogP contribution in [0.2, 0.25) is 0 Å². The third-order valence-electron chi connectivity index (χ3n) is 12.8. The highest BCUT2D eigenvalue weighted by Crippen LogP contribution is 2.62. The largest absolute Gasteiger partial charge is 0.489 e. The molecule has 7 atom stereocenters. The average molecular weight is 868 g/mol. The number of unbranched alkanes of at least 4 members (excludes halogenated alkanes) is 2. The van der Waals surface area contributed by atoms with E-state index in [-0.39, 0.29) is 68.0 Å². The van der Waals surface area contributed by atoms with Gasteiger partial charge in [-0.3, -0.25) is 14.9 Å². The number of halogens is 1. The van der Waals surface area contributed by atoms with Gasteiger partial charge in [-0.2, -0.15) is 0 Å². The summed E-state index contributed by atoms with van der Waals surface area (Å²) in [5.74, 6) is -1.91. The third kappa shape index (κ3) is 10.4. The van der Waals surface area contributed by atoms with Crippen LogP contribution < -0.4 is 9.47 Å². The van der Waals surface area contributed by atoms with E-state index in [2.05, 4.69) is 12.7 Å². The van der Waals surface area contributed by atoms with Crippen LogP contribution in [0.4, 0.5) is 10.1 Å². The van der Waals surface area contributed by atoms with Crippen molar-refractivity contribution in [2.75, 3.05) is 33.5 Å². The standard InChI is InChI=1S/C49H58FN3O10/c1-3-27-61-49-44(52(2)45(56)24-19-33-17-20-36(21-18-33)53(57)58)31-42(51-63-46-16-8-11-28-59-46)39-29-34(12-6-9-25-54)38(14-7-10-26-55)47(48(39)49)40-30-37(22-23-43(40)62-49)60-32-35-13-4-5-15-41(35)50/h3-5,13,15,17-24,29-30,34,38,44,46-48,54-55H,1,6-12,14,16,25-28,31-32H2,2H3/t34-,38+,44-,46?,47+,48+,49+/m0/s1. The van der Waals surface area contributed by atoms with Crippen molar-refractivity contribution in [1.29, 1.82) is 0 Å². The number of aliphatic hydroxyl groups excluding tert-OH is 2. The molecule has 0 radical (unpaired) electrons. The van der Waals surface area contributed by atoms with Gasteiger partial charge >= 0.3 is 0 Å².